The summed E-state index contributed by atoms with van der Waals surface area (Å²) in [5.74, 6) is 0.725. The van der Waals surface area contributed by atoms with Gasteiger partial charge in [0.2, 0.25) is 0 Å². The minimum absolute atomic E-state index is 0. The van der Waals surface area contributed by atoms with Crippen LogP contribution >= 0.6 is 24.8 Å². The number of amides is 1. The van der Waals surface area contributed by atoms with Crippen LogP contribution in [0.4, 0.5) is 0 Å². The van der Waals surface area contributed by atoms with Crippen molar-refractivity contribution in [2.75, 3.05) is 52.4 Å². The summed E-state index contributed by atoms with van der Waals surface area (Å²) in [6.45, 7) is 11.4. The van der Waals surface area contributed by atoms with E-state index in [4.69, 9.17) is 0 Å². The average Bonchev–Trinajstić information content (AvgIpc) is 3.07. The molecule has 2 saturated heterocycles. The minimum atomic E-state index is 0. The van der Waals surface area contributed by atoms with Crippen LogP contribution in [0.25, 0.3) is 10.9 Å². The van der Waals surface area contributed by atoms with Crippen LogP contribution in [0.15, 0.2) is 42.5 Å². The molecule has 0 saturated carbocycles. The van der Waals surface area contributed by atoms with Crippen LogP contribution in [0.5, 0.6) is 0 Å². The number of benzene rings is 2. The number of fused-ring (bicyclic) bond motifs is 1. The Kier molecular flexibility index (Phi) is 11.1. The van der Waals surface area contributed by atoms with Crippen molar-refractivity contribution in [2.45, 2.75) is 45.6 Å². The van der Waals surface area contributed by atoms with E-state index in [1.807, 2.05) is 11.0 Å². The Morgan fingerprint density at radius 2 is 1.61 bits per heavy atom. The molecule has 0 aliphatic carbocycles. The topological polar surface area (TPSA) is 62.8 Å². The first-order valence-electron chi connectivity index (χ1n) is 13.6. The highest BCUT2D eigenvalue weighted by molar-refractivity contribution is 6.01. The molecule has 8 heteroatoms. The van der Waals surface area contributed by atoms with Crippen molar-refractivity contribution in [3.05, 3.63) is 70.4 Å². The summed E-state index contributed by atoms with van der Waals surface area (Å²) >= 11 is 0. The van der Waals surface area contributed by atoms with Crippen LogP contribution in [-0.4, -0.2) is 83.1 Å². The molecule has 2 fully saturated rings. The number of hydrogen-bond acceptors (Lipinski definition) is 4. The predicted molar refractivity (Wildman–Crippen MR) is 160 cm³/mol. The molecule has 2 aromatic carbocycles. The van der Waals surface area contributed by atoms with Gasteiger partial charge >= 0.3 is 0 Å². The number of β-amino-alcohol motifs (C(OH)–C–C–N with tert-alkyl or cyclic N) is 1. The Bertz CT molecular complexity index is 1190. The van der Waals surface area contributed by atoms with Gasteiger partial charge in [-0.05, 0) is 81.4 Å². The molecule has 0 spiro atoms. The van der Waals surface area contributed by atoms with Gasteiger partial charge in [-0.3, -0.25) is 14.6 Å². The summed E-state index contributed by atoms with van der Waals surface area (Å²) < 4.78 is 0. The van der Waals surface area contributed by atoms with Crippen LogP contribution in [0, 0.1) is 13.8 Å². The number of nitrogens with one attached hydrogen (secondary N) is 1. The van der Waals surface area contributed by atoms with E-state index in [0.29, 0.717) is 19.0 Å². The fraction of sp³-hybridized carbons (Fsp3) is 0.500. The number of aliphatic hydroxyl groups is 1. The zero-order valence-corrected chi connectivity index (χ0v) is 24.3. The molecule has 0 bridgehead atoms. The number of halogens is 2. The number of aliphatic hydroxyl groups excluding tert-OH is 1. The first-order valence-corrected chi connectivity index (χ1v) is 13.6. The molecule has 5 rings (SSSR count). The van der Waals surface area contributed by atoms with Crippen molar-refractivity contribution < 1.29 is 9.90 Å². The molecule has 1 amide bonds. The highest BCUT2D eigenvalue weighted by atomic mass is 35.5. The molecule has 2 aliphatic rings. The summed E-state index contributed by atoms with van der Waals surface area (Å²) in [5, 5.41) is 10.5. The molecule has 0 atom stereocenters. The fourth-order valence-corrected chi connectivity index (χ4v) is 6.32. The standard InChI is InChI=1S/C30H40N4O2.2ClH/c1-22-7-5-8-23(2)28(22)24-11-15-33(16-12-24)21-26-25-9-3-4-10-27(25)31-29(26)30(36)34-14-6-13-32(17-18-34)19-20-35;;/h3-5,7-10,24,31,35H,6,11-21H2,1-2H3;2*1H. The third-order valence-corrected chi connectivity index (χ3v) is 8.24. The number of rotatable bonds is 6. The van der Waals surface area contributed by atoms with Gasteiger partial charge < -0.3 is 15.0 Å². The lowest BCUT2D eigenvalue weighted by atomic mass is 9.84. The number of H-pyrrole nitrogens is 1. The molecule has 2 N–H and O–H groups in total. The molecule has 0 unspecified atom stereocenters. The Labute approximate surface area is 239 Å². The first-order chi connectivity index (χ1) is 17.5. The number of nitrogens with zero attached hydrogens (tertiary/aromatic N) is 3. The number of hydrogen-bond donors (Lipinski definition) is 2. The number of para-hydroxylation sites is 1. The van der Waals surface area contributed by atoms with Gasteiger partial charge in [0.15, 0.2) is 0 Å². The van der Waals surface area contributed by atoms with Crippen molar-refractivity contribution in [3.63, 3.8) is 0 Å². The van der Waals surface area contributed by atoms with E-state index in [9.17, 15) is 9.90 Å². The van der Waals surface area contributed by atoms with Gasteiger partial charge in [0, 0.05) is 49.2 Å². The summed E-state index contributed by atoms with van der Waals surface area (Å²) in [4.78, 5) is 24.0. The van der Waals surface area contributed by atoms with Crippen LogP contribution in [0.2, 0.25) is 0 Å². The van der Waals surface area contributed by atoms with Crippen LogP contribution < -0.4 is 0 Å². The summed E-state index contributed by atoms with van der Waals surface area (Å²) in [5.41, 5.74) is 7.29. The van der Waals surface area contributed by atoms with Crippen molar-refractivity contribution in [2.24, 2.45) is 0 Å². The molecular weight excluding hydrogens is 519 g/mol. The molecule has 38 heavy (non-hydrogen) atoms. The number of aromatic nitrogens is 1. The third kappa shape index (κ3) is 6.54. The molecule has 3 aromatic rings. The monoisotopic (exact) mass is 560 g/mol. The largest absolute Gasteiger partial charge is 0.395 e. The number of carbonyl (C=O) groups is 1. The van der Waals surface area contributed by atoms with E-state index in [1.54, 1.807) is 0 Å². The number of carbonyl (C=O) groups excluding carboxylic acids is 1. The minimum Gasteiger partial charge on any atom is -0.395 e. The number of aryl methyl sites for hydroxylation is 2. The lowest BCUT2D eigenvalue weighted by molar-refractivity contribution is 0.0752. The zero-order chi connectivity index (χ0) is 25.1. The van der Waals surface area contributed by atoms with E-state index < -0.39 is 0 Å². The maximum absolute atomic E-state index is 13.8. The lowest BCUT2D eigenvalue weighted by Crippen LogP contribution is -2.37. The third-order valence-electron chi connectivity index (χ3n) is 8.24. The molecule has 208 valence electrons. The van der Waals surface area contributed by atoms with E-state index in [-0.39, 0.29) is 37.3 Å². The number of aromatic amines is 1. The second-order valence-electron chi connectivity index (χ2n) is 10.6. The Hall–Kier alpha value is -2.09. The van der Waals surface area contributed by atoms with Crippen molar-refractivity contribution >= 4 is 41.6 Å². The maximum Gasteiger partial charge on any atom is 0.270 e. The van der Waals surface area contributed by atoms with E-state index in [2.05, 4.69) is 65.0 Å². The second kappa shape index (κ2) is 13.8. The van der Waals surface area contributed by atoms with Gasteiger partial charge in [0.1, 0.15) is 5.69 Å². The fourth-order valence-electron chi connectivity index (χ4n) is 6.32. The van der Waals surface area contributed by atoms with E-state index in [0.717, 1.165) is 80.7 Å². The van der Waals surface area contributed by atoms with Crippen LogP contribution in [0.3, 0.4) is 0 Å². The van der Waals surface area contributed by atoms with Crippen LogP contribution in [0.1, 0.15) is 57.9 Å². The second-order valence-corrected chi connectivity index (χ2v) is 10.6. The Balaban J connectivity index is 0.00000200. The van der Waals surface area contributed by atoms with Crippen molar-refractivity contribution in [3.8, 4) is 0 Å². The number of likely N-dealkylation sites (tertiary alicyclic amines) is 1. The molecule has 3 heterocycles. The predicted octanol–water partition coefficient (Wildman–Crippen LogP) is 5.15. The van der Waals surface area contributed by atoms with Crippen LogP contribution in [-0.2, 0) is 6.54 Å². The molecule has 6 nitrogen and oxygen atoms in total. The molecule has 1 aromatic heterocycles. The smallest absolute Gasteiger partial charge is 0.270 e. The highest BCUT2D eigenvalue weighted by Crippen LogP contribution is 2.34. The summed E-state index contributed by atoms with van der Waals surface area (Å²) in [6.07, 6.45) is 3.25. The zero-order valence-electron chi connectivity index (χ0n) is 22.6. The molecule has 2 aliphatic heterocycles. The van der Waals surface area contributed by atoms with Gasteiger partial charge in [0.25, 0.3) is 5.91 Å². The molecular formula is C30H42Cl2N4O2. The Morgan fingerprint density at radius 3 is 2.32 bits per heavy atom. The first kappa shape index (κ1) is 30.5. The quantitative estimate of drug-likeness (QED) is 0.437. The lowest BCUT2D eigenvalue weighted by Gasteiger charge is -2.33. The SMILES string of the molecule is Cc1cccc(C)c1C1CCN(Cc2c(C(=O)N3CCCN(CCO)CC3)[nH]c3ccccc23)CC1.Cl.Cl. The van der Waals surface area contributed by atoms with Crippen molar-refractivity contribution in [1.29, 1.82) is 0 Å². The summed E-state index contributed by atoms with van der Waals surface area (Å²) in [6, 6.07) is 15.0. The number of piperidine rings is 1. The van der Waals surface area contributed by atoms with Gasteiger partial charge in [-0.25, -0.2) is 0 Å². The average molecular weight is 562 g/mol. The Morgan fingerprint density at radius 1 is 0.895 bits per heavy atom. The van der Waals surface area contributed by atoms with Gasteiger partial charge in [-0.15, -0.1) is 24.8 Å². The normalized spacial score (nSPS) is 17.6. The summed E-state index contributed by atoms with van der Waals surface area (Å²) in [7, 11) is 0. The van der Waals surface area contributed by atoms with Crippen molar-refractivity contribution in [1.82, 2.24) is 19.7 Å². The van der Waals surface area contributed by atoms with Gasteiger partial charge in [-0.2, -0.15) is 0 Å². The van der Waals surface area contributed by atoms with Gasteiger partial charge in [0.05, 0.1) is 6.61 Å². The van der Waals surface area contributed by atoms with E-state index in [1.165, 1.54) is 16.7 Å². The van der Waals surface area contributed by atoms with E-state index >= 15 is 0 Å². The molecule has 0 radical (unpaired) electrons. The maximum atomic E-state index is 13.8. The highest BCUT2D eigenvalue weighted by Gasteiger charge is 2.28. The van der Waals surface area contributed by atoms with Gasteiger partial charge in [-0.1, -0.05) is 36.4 Å².